The van der Waals surface area contributed by atoms with Crippen molar-refractivity contribution >= 4 is 35.4 Å². The average molecular weight is 525 g/mol. The van der Waals surface area contributed by atoms with Gasteiger partial charge in [0.15, 0.2) is 17.3 Å². The van der Waals surface area contributed by atoms with Crippen LogP contribution >= 0.6 is 11.6 Å². The Morgan fingerprint density at radius 1 is 1.00 bits per heavy atom. The molecule has 10 heteroatoms. The molecular formula is C27H30ClFN6O2. The molecule has 5 rings (SSSR count). The van der Waals surface area contributed by atoms with Crippen LogP contribution in [-0.4, -0.2) is 49.5 Å². The minimum atomic E-state index is -0.293. The maximum atomic E-state index is 13.2. The smallest absolute Gasteiger partial charge is 0.229 e. The summed E-state index contributed by atoms with van der Waals surface area (Å²) in [5.74, 6) is 2.92. The van der Waals surface area contributed by atoms with Gasteiger partial charge in [-0.2, -0.15) is 15.1 Å². The standard InChI is InChI=1S/C27H30ClFN6O2/c1-36-23-15-20(14-22(28)26(23)37-18-19-6-8-21(29)9-7-19)17-30-33-24-16-25(34-10-2-3-11-34)32-27(31-24)35-12-4-5-13-35/h6-9,14-17H,2-5,10-13,18H2,1H3,(H,31,32,33)/b30-17-. The third-order valence-corrected chi connectivity index (χ3v) is 6.74. The van der Waals surface area contributed by atoms with Gasteiger partial charge in [-0.3, -0.25) is 5.43 Å². The van der Waals surface area contributed by atoms with Crippen molar-refractivity contribution in [3.8, 4) is 11.5 Å². The Hall–Kier alpha value is -3.59. The van der Waals surface area contributed by atoms with E-state index in [1.165, 1.54) is 25.0 Å². The molecule has 0 atom stereocenters. The molecular weight excluding hydrogens is 495 g/mol. The predicted molar refractivity (Wildman–Crippen MR) is 145 cm³/mol. The number of rotatable bonds is 9. The molecule has 0 unspecified atom stereocenters. The summed E-state index contributed by atoms with van der Waals surface area (Å²) in [6.45, 7) is 4.19. The van der Waals surface area contributed by atoms with Gasteiger partial charge >= 0.3 is 0 Å². The summed E-state index contributed by atoms with van der Waals surface area (Å²) in [6, 6.07) is 11.6. The van der Waals surface area contributed by atoms with Crippen LogP contribution in [-0.2, 0) is 6.61 Å². The summed E-state index contributed by atoms with van der Waals surface area (Å²) in [5, 5.41) is 4.79. The topological polar surface area (TPSA) is 75.1 Å². The van der Waals surface area contributed by atoms with Crippen molar-refractivity contribution in [3.63, 3.8) is 0 Å². The zero-order chi connectivity index (χ0) is 25.6. The summed E-state index contributed by atoms with van der Waals surface area (Å²) in [5.41, 5.74) is 4.62. The molecule has 1 aromatic heterocycles. The molecule has 194 valence electrons. The second-order valence-electron chi connectivity index (χ2n) is 9.12. The molecule has 2 aliphatic heterocycles. The molecule has 0 radical (unpaired) electrons. The highest BCUT2D eigenvalue weighted by atomic mass is 35.5. The minimum absolute atomic E-state index is 0.234. The Morgan fingerprint density at radius 2 is 1.70 bits per heavy atom. The van der Waals surface area contributed by atoms with Gasteiger partial charge in [-0.1, -0.05) is 23.7 Å². The van der Waals surface area contributed by atoms with Gasteiger partial charge in [0.25, 0.3) is 0 Å². The van der Waals surface area contributed by atoms with Crippen molar-refractivity contribution < 1.29 is 13.9 Å². The van der Waals surface area contributed by atoms with E-state index in [1.54, 1.807) is 37.6 Å². The lowest BCUT2D eigenvalue weighted by Crippen LogP contribution is -2.24. The molecule has 0 bridgehead atoms. The van der Waals surface area contributed by atoms with Gasteiger partial charge in [0, 0.05) is 32.2 Å². The van der Waals surface area contributed by atoms with Crippen LogP contribution in [0.1, 0.15) is 36.8 Å². The fourth-order valence-electron chi connectivity index (χ4n) is 4.51. The zero-order valence-corrected chi connectivity index (χ0v) is 21.5. The van der Waals surface area contributed by atoms with Crippen molar-refractivity contribution in [1.29, 1.82) is 0 Å². The van der Waals surface area contributed by atoms with E-state index < -0.39 is 0 Å². The third-order valence-electron chi connectivity index (χ3n) is 6.46. The summed E-state index contributed by atoms with van der Waals surface area (Å²) in [4.78, 5) is 14.1. The highest BCUT2D eigenvalue weighted by molar-refractivity contribution is 6.32. The van der Waals surface area contributed by atoms with E-state index in [0.717, 1.165) is 61.9 Å². The average Bonchev–Trinajstić information content (AvgIpc) is 3.64. The van der Waals surface area contributed by atoms with Crippen LogP contribution in [0.5, 0.6) is 11.5 Å². The monoisotopic (exact) mass is 524 g/mol. The first kappa shape index (κ1) is 25.1. The van der Waals surface area contributed by atoms with Crippen LogP contribution in [0.15, 0.2) is 47.6 Å². The number of benzene rings is 2. The van der Waals surface area contributed by atoms with Crippen molar-refractivity contribution in [2.45, 2.75) is 32.3 Å². The van der Waals surface area contributed by atoms with Crippen LogP contribution in [0.4, 0.5) is 22.0 Å². The quantitative estimate of drug-likeness (QED) is 0.292. The minimum Gasteiger partial charge on any atom is -0.493 e. The number of nitrogens with zero attached hydrogens (tertiary/aromatic N) is 5. The highest BCUT2D eigenvalue weighted by Crippen LogP contribution is 2.36. The summed E-state index contributed by atoms with van der Waals surface area (Å²) in [7, 11) is 1.55. The summed E-state index contributed by atoms with van der Waals surface area (Å²) >= 11 is 6.51. The predicted octanol–water partition coefficient (Wildman–Crippen LogP) is 5.50. The van der Waals surface area contributed by atoms with E-state index in [1.807, 2.05) is 6.07 Å². The Labute approximate surface area is 221 Å². The van der Waals surface area contributed by atoms with E-state index in [2.05, 4.69) is 20.3 Å². The number of ether oxygens (including phenoxy) is 2. The summed E-state index contributed by atoms with van der Waals surface area (Å²) in [6.07, 6.45) is 6.33. The molecule has 2 aliphatic rings. The van der Waals surface area contributed by atoms with Gasteiger partial charge in [0.1, 0.15) is 18.2 Å². The first-order chi connectivity index (χ1) is 18.1. The number of hydrogen-bond donors (Lipinski definition) is 1. The third kappa shape index (κ3) is 6.22. The van der Waals surface area contributed by atoms with Gasteiger partial charge in [0.2, 0.25) is 5.95 Å². The van der Waals surface area contributed by atoms with E-state index in [9.17, 15) is 4.39 Å². The van der Waals surface area contributed by atoms with E-state index >= 15 is 0 Å². The lowest BCUT2D eigenvalue weighted by molar-refractivity contribution is 0.284. The first-order valence-electron chi connectivity index (χ1n) is 12.5. The van der Waals surface area contributed by atoms with E-state index in [-0.39, 0.29) is 12.4 Å². The van der Waals surface area contributed by atoms with Gasteiger partial charge in [-0.15, -0.1) is 0 Å². The van der Waals surface area contributed by atoms with Gasteiger partial charge in [-0.25, -0.2) is 4.39 Å². The first-order valence-corrected chi connectivity index (χ1v) is 12.9. The Bertz CT molecular complexity index is 1210. The number of aromatic nitrogens is 2. The second-order valence-corrected chi connectivity index (χ2v) is 9.53. The van der Waals surface area contributed by atoms with Crippen molar-refractivity contribution in [2.24, 2.45) is 5.10 Å². The Kier molecular flexibility index (Phi) is 7.89. The fourth-order valence-corrected chi connectivity index (χ4v) is 4.78. The van der Waals surface area contributed by atoms with Crippen LogP contribution in [0.2, 0.25) is 5.02 Å². The van der Waals surface area contributed by atoms with Crippen molar-refractivity contribution in [3.05, 3.63) is 64.4 Å². The van der Waals surface area contributed by atoms with E-state index in [0.29, 0.717) is 22.3 Å². The number of anilines is 3. The van der Waals surface area contributed by atoms with Crippen molar-refractivity contribution in [2.75, 3.05) is 48.5 Å². The molecule has 8 nitrogen and oxygen atoms in total. The lowest BCUT2D eigenvalue weighted by Gasteiger charge is -2.21. The molecule has 37 heavy (non-hydrogen) atoms. The van der Waals surface area contributed by atoms with Gasteiger partial charge < -0.3 is 19.3 Å². The number of hydrogen-bond acceptors (Lipinski definition) is 8. The molecule has 1 N–H and O–H groups in total. The number of methoxy groups -OCH3 is 1. The molecule has 0 saturated carbocycles. The molecule has 3 heterocycles. The molecule has 2 fully saturated rings. The molecule has 0 spiro atoms. The largest absolute Gasteiger partial charge is 0.493 e. The molecule has 2 aromatic carbocycles. The number of hydrazone groups is 1. The number of nitrogens with one attached hydrogen (secondary N) is 1. The number of halogens is 2. The van der Waals surface area contributed by atoms with Crippen molar-refractivity contribution in [1.82, 2.24) is 9.97 Å². The second kappa shape index (κ2) is 11.6. The SMILES string of the molecule is COc1cc(/C=N\Nc2cc(N3CCCC3)nc(N3CCCC3)n2)cc(Cl)c1OCc1ccc(F)cc1. The lowest BCUT2D eigenvalue weighted by atomic mass is 10.2. The molecule has 0 aliphatic carbocycles. The fraction of sp³-hybridized carbons (Fsp3) is 0.370. The van der Waals surface area contributed by atoms with Gasteiger partial charge in [-0.05, 0) is 61.1 Å². The van der Waals surface area contributed by atoms with Crippen LogP contribution in [0.25, 0.3) is 0 Å². The maximum Gasteiger partial charge on any atom is 0.229 e. The molecule has 3 aromatic rings. The highest BCUT2D eigenvalue weighted by Gasteiger charge is 2.20. The van der Waals surface area contributed by atoms with E-state index in [4.69, 9.17) is 31.0 Å². The normalized spacial score (nSPS) is 15.5. The van der Waals surface area contributed by atoms with Crippen LogP contribution in [0, 0.1) is 5.82 Å². The molecule has 0 amide bonds. The Morgan fingerprint density at radius 3 is 2.41 bits per heavy atom. The van der Waals surface area contributed by atoms with Gasteiger partial charge in [0.05, 0.1) is 18.3 Å². The Balaban J connectivity index is 1.30. The van der Waals surface area contributed by atoms with Crippen LogP contribution in [0.3, 0.4) is 0 Å². The molecule has 2 saturated heterocycles. The zero-order valence-electron chi connectivity index (χ0n) is 20.8. The van der Waals surface area contributed by atoms with Crippen LogP contribution < -0.4 is 24.7 Å². The summed E-state index contributed by atoms with van der Waals surface area (Å²) < 4.78 is 24.5. The maximum absolute atomic E-state index is 13.2.